The number of para-hydroxylation sites is 2. The maximum absolute atomic E-state index is 11.9. The van der Waals surface area contributed by atoms with Crippen molar-refractivity contribution in [2.24, 2.45) is 5.41 Å². The lowest BCUT2D eigenvalue weighted by Gasteiger charge is -2.40. The number of carbonyl (C=O) groups is 1. The van der Waals surface area contributed by atoms with Crippen LogP contribution in [0.2, 0.25) is 0 Å². The largest absolute Gasteiger partial charge is 0.469 e. The van der Waals surface area contributed by atoms with Crippen molar-refractivity contribution < 1.29 is 14.5 Å². The fraction of sp³-hybridized carbons (Fsp3) is 0.500. The second-order valence-corrected chi connectivity index (χ2v) is 5.64. The molecule has 110 valence electrons. The number of carbonyl (C=O) groups excluding carboxylic acids is 1. The van der Waals surface area contributed by atoms with Crippen molar-refractivity contribution in [1.82, 2.24) is 0 Å². The Bertz CT molecular complexity index is 524. The van der Waals surface area contributed by atoms with Gasteiger partial charge in [0.1, 0.15) is 5.69 Å². The van der Waals surface area contributed by atoms with E-state index >= 15 is 0 Å². The number of benzene rings is 1. The van der Waals surface area contributed by atoms with Crippen LogP contribution in [-0.2, 0) is 9.53 Å². The van der Waals surface area contributed by atoms with Gasteiger partial charge >= 0.3 is 5.97 Å². The van der Waals surface area contributed by atoms with E-state index in [1.165, 1.54) is 13.2 Å². The monoisotopic (exact) mass is 280 g/mol. The van der Waals surface area contributed by atoms with Crippen LogP contribution in [0, 0.1) is 15.5 Å². The molecule has 1 N–H and O–H groups in total. The van der Waals surface area contributed by atoms with Crippen LogP contribution in [0.3, 0.4) is 0 Å². The summed E-state index contributed by atoms with van der Waals surface area (Å²) in [5, 5.41) is 14.1. The summed E-state index contributed by atoms with van der Waals surface area (Å²) in [4.78, 5) is 22.5. The molecule has 0 spiro atoms. The molecule has 1 aromatic rings. The zero-order valence-corrected chi connectivity index (χ0v) is 12.4. The first kappa shape index (κ1) is 15.9. The number of ether oxygens (including phenoxy) is 1. The Hall–Kier alpha value is -2.11. The first-order valence-corrected chi connectivity index (χ1v) is 6.23. The third-order valence-electron chi connectivity index (χ3n) is 3.81. The van der Waals surface area contributed by atoms with E-state index in [4.69, 9.17) is 4.74 Å². The van der Waals surface area contributed by atoms with Gasteiger partial charge in [0.2, 0.25) is 0 Å². The summed E-state index contributed by atoms with van der Waals surface area (Å²) in [5.74, 6) is -0.381. The molecule has 0 heterocycles. The van der Waals surface area contributed by atoms with Gasteiger partial charge in [-0.1, -0.05) is 12.1 Å². The molecular weight excluding hydrogens is 260 g/mol. The fourth-order valence-electron chi connectivity index (χ4n) is 1.74. The zero-order valence-electron chi connectivity index (χ0n) is 12.4. The number of methoxy groups -OCH3 is 1. The summed E-state index contributed by atoms with van der Waals surface area (Å²) in [6.45, 7) is 7.09. The summed E-state index contributed by atoms with van der Waals surface area (Å²) in [6, 6.07) is 6.34. The van der Waals surface area contributed by atoms with Crippen LogP contribution in [-0.4, -0.2) is 23.5 Å². The number of hydrogen-bond acceptors (Lipinski definition) is 5. The SMILES string of the molecule is COC(=O)C(C)(C)C(C)(C)Nc1ccccc1[N+](=O)[O-]. The van der Waals surface area contributed by atoms with Crippen molar-refractivity contribution >= 4 is 17.3 Å². The van der Waals surface area contributed by atoms with Gasteiger partial charge in [-0.05, 0) is 33.8 Å². The Morgan fingerprint density at radius 1 is 1.25 bits per heavy atom. The molecular formula is C14H20N2O4. The minimum Gasteiger partial charge on any atom is -0.469 e. The van der Waals surface area contributed by atoms with Gasteiger partial charge in [-0.2, -0.15) is 0 Å². The zero-order chi connectivity index (χ0) is 15.6. The van der Waals surface area contributed by atoms with Crippen LogP contribution >= 0.6 is 0 Å². The van der Waals surface area contributed by atoms with Gasteiger partial charge in [-0.15, -0.1) is 0 Å². The molecule has 1 rings (SSSR count). The molecule has 6 nitrogen and oxygen atoms in total. The fourth-order valence-corrected chi connectivity index (χ4v) is 1.74. The van der Waals surface area contributed by atoms with Gasteiger partial charge in [0.25, 0.3) is 5.69 Å². The second kappa shape index (κ2) is 5.48. The molecule has 0 radical (unpaired) electrons. The molecule has 0 bridgehead atoms. The van der Waals surface area contributed by atoms with Gasteiger partial charge in [-0.25, -0.2) is 0 Å². The van der Waals surface area contributed by atoms with Crippen LogP contribution in [0.4, 0.5) is 11.4 Å². The van der Waals surface area contributed by atoms with Gasteiger partial charge in [0, 0.05) is 11.6 Å². The molecule has 1 aromatic carbocycles. The molecule has 20 heavy (non-hydrogen) atoms. The van der Waals surface area contributed by atoms with Crippen LogP contribution in [0.15, 0.2) is 24.3 Å². The number of hydrogen-bond donors (Lipinski definition) is 1. The van der Waals surface area contributed by atoms with Crippen molar-refractivity contribution in [3.05, 3.63) is 34.4 Å². The molecule has 0 fully saturated rings. The van der Waals surface area contributed by atoms with Crippen molar-refractivity contribution in [2.45, 2.75) is 33.2 Å². The molecule has 0 saturated heterocycles. The Morgan fingerprint density at radius 3 is 2.30 bits per heavy atom. The van der Waals surface area contributed by atoms with Crippen molar-refractivity contribution in [3.63, 3.8) is 0 Å². The van der Waals surface area contributed by atoms with Gasteiger partial charge in [0.05, 0.1) is 17.4 Å². The first-order valence-electron chi connectivity index (χ1n) is 6.23. The second-order valence-electron chi connectivity index (χ2n) is 5.64. The highest BCUT2D eigenvalue weighted by molar-refractivity contribution is 5.79. The minimum atomic E-state index is -0.856. The van der Waals surface area contributed by atoms with Crippen LogP contribution in [0.1, 0.15) is 27.7 Å². The molecule has 0 aliphatic heterocycles. The van der Waals surface area contributed by atoms with E-state index in [0.717, 1.165) is 0 Å². The van der Waals surface area contributed by atoms with E-state index in [1.54, 1.807) is 45.9 Å². The molecule has 0 aromatic heterocycles. The van der Waals surface area contributed by atoms with E-state index in [0.29, 0.717) is 5.69 Å². The normalized spacial score (nSPS) is 11.8. The number of nitro groups is 1. The number of nitro benzene ring substituents is 1. The maximum atomic E-state index is 11.9. The van der Waals surface area contributed by atoms with E-state index in [1.807, 2.05) is 0 Å². The van der Waals surface area contributed by atoms with Gasteiger partial charge in [0.15, 0.2) is 0 Å². The van der Waals surface area contributed by atoms with Crippen molar-refractivity contribution in [3.8, 4) is 0 Å². The summed E-state index contributed by atoms with van der Waals surface area (Å²) in [6.07, 6.45) is 0. The van der Waals surface area contributed by atoms with Crippen LogP contribution in [0.5, 0.6) is 0 Å². The Balaban J connectivity index is 3.14. The Kier molecular flexibility index (Phi) is 4.37. The quantitative estimate of drug-likeness (QED) is 0.509. The smallest absolute Gasteiger partial charge is 0.313 e. The molecule has 0 aliphatic rings. The topological polar surface area (TPSA) is 81.5 Å². The first-order chi connectivity index (χ1) is 9.13. The summed E-state index contributed by atoms with van der Waals surface area (Å²) < 4.78 is 4.80. The Morgan fingerprint density at radius 2 is 1.80 bits per heavy atom. The average Bonchev–Trinajstić information content (AvgIpc) is 2.37. The van der Waals surface area contributed by atoms with Gasteiger partial charge in [-0.3, -0.25) is 14.9 Å². The summed E-state index contributed by atoms with van der Waals surface area (Å²) in [5.41, 5.74) is -1.24. The lowest BCUT2D eigenvalue weighted by atomic mass is 9.74. The van der Waals surface area contributed by atoms with Crippen LogP contribution in [0.25, 0.3) is 0 Å². The van der Waals surface area contributed by atoms with Crippen molar-refractivity contribution in [1.29, 1.82) is 0 Å². The number of nitrogens with one attached hydrogen (secondary N) is 1. The number of rotatable bonds is 5. The number of anilines is 1. The molecule has 6 heteroatoms. The van der Waals surface area contributed by atoms with E-state index in [9.17, 15) is 14.9 Å². The predicted molar refractivity (Wildman–Crippen MR) is 76.6 cm³/mol. The third-order valence-corrected chi connectivity index (χ3v) is 3.81. The third kappa shape index (κ3) is 2.89. The molecule has 0 atom stereocenters. The van der Waals surface area contributed by atoms with E-state index in [2.05, 4.69) is 5.32 Å². The molecule has 0 aliphatic carbocycles. The minimum absolute atomic E-state index is 0.0266. The van der Waals surface area contributed by atoms with Gasteiger partial charge < -0.3 is 10.1 Å². The highest BCUT2D eigenvalue weighted by Gasteiger charge is 2.45. The summed E-state index contributed by atoms with van der Waals surface area (Å²) in [7, 11) is 1.32. The van der Waals surface area contributed by atoms with Crippen LogP contribution < -0.4 is 5.32 Å². The molecule has 0 amide bonds. The van der Waals surface area contributed by atoms with E-state index < -0.39 is 15.9 Å². The highest BCUT2D eigenvalue weighted by Crippen LogP contribution is 2.37. The molecule has 0 unspecified atom stereocenters. The molecule has 0 saturated carbocycles. The lowest BCUT2D eigenvalue weighted by Crippen LogP contribution is -2.51. The van der Waals surface area contributed by atoms with Crippen molar-refractivity contribution in [2.75, 3.05) is 12.4 Å². The Labute approximate surface area is 118 Å². The predicted octanol–water partition coefficient (Wildman–Crippen LogP) is 2.98. The maximum Gasteiger partial charge on any atom is 0.313 e. The number of nitrogens with zero attached hydrogens (tertiary/aromatic N) is 1. The lowest BCUT2D eigenvalue weighted by molar-refractivity contribution is -0.384. The summed E-state index contributed by atoms with van der Waals surface area (Å²) >= 11 is 0. The highest BCUT2D eigenvalue weighted by atomic mass is 16.6. The average molecular weight is 280 g/mol. The van der Waals surface area contributed by atoms with E-state index in [-0.39, 0.29) is 11.7 Å². The number of esters is 1. The standard InChI is InChI=1S/C14H20N2O4/c1-13(2,12(17)20-5)14(3,4)15-10-8-6-7-9-11(10)16(18)19/h6-9,15H,1-5H3.